The monoisotopic (exact) mass is 349 g/mol. The van der Waals surface area contributed by atoms with E-state index in [2.05, 4.69) is 5.32 Å². The number of hydrogen-bond donors (Lipinski definition) is 2. The van der Waals surface area contributed by atoms with E-state index in [0.29, 0.717) is 0 Å². The van der Waals surface area contributed by atoms with Crippen LogP contribution < -0.4 is 5.32 Å². The SMILES string of the molecule is O=C(NCC(O)c1cccc(C(F)(F)F)c1)C1(c2ccccc2)CC1. The highest BCUT2D eigenvalue weighted by Gasteiger charge is 2.51. The lowest BCUT2D eigenvalue weighted by molar-refractivity contribution is -0.137. The number of carbonyl (C=O) groups is 1. The number of amides is 1. The van der Waals surface area contributed by atoms with Crippen LogP contribution in [0.1, 0.15) is 35.6 Å². The lowest BCUT2D eigenvalue weighted by Crippen LogP contribution is -2.37. The second-order valence-corrected chi connectivity index (χ2v) is 6.30. The molecule has 2 aromatic carbocycles. The molecule has 1 aliphatic rings. The number of nitrogens with one attached hydrogen (secondary N) is 1. The summed E-state index contributed by atoms with van der Waals surface area (Å²) in [6.07, 6.45) is -4.21. The van der Waals surface area contributed by atoms with E-state index in [1.807, 2.05) is 30.3 Å². The number of aliphatic hydroxyl groups is 1. The van der Waals surface area contributed by atoms with E-state index in [1.165, 1.54) is 12.1 Å². The topological polar surface area (TPSA) is 49.3 Å². The van der Waals surface area contributed by atoms with Crippen LogP contribution in [-0.4, -0.2) is 17.6 Å². The van der Waals surface area contributed by atoms with Gasteiger partial charge in [-0.3, -0.25) is 4.79 Å². The zero-order valence-corrected chi connectivity index (χ0v) is 13.4. The molecule has 132 valence electrons. The van der Waals surface area contributed by atoms with Crippen LogP contribution in [-0.2, 0) is 16.4 Å². The third-order valence-electron chi connectivity index (χ3n) is 4.57. The van der Waals surface area contributed by atoms with E-state index in [9.17, 15) is 23.1 Å². The Labute approximate surface area is 143 Å². The lowest BCUT2D eigenvalue weighted by Gasteiger charge is -2.18. The Balaban J connectivity index is 1.65. The van der Waals surface area contributed by atoms with E-state index in [0.717, 1.165) is 30.5 Å². The van der Waals surface area contributed by atoms with Gasteiger partial charge in [0.2, 0.25) is 5.91 Å². The van der Waals surface area contributed by atoms with Gasteiger partial charge in [0, 0.05) is 6.54 Å². The highest BCUT2D eigenvalue weighted by Crippen LogP contribution is 2.48. The third kappa shape index (κ3) is 3.69. The van der Waals surface area contributed by atoms with Crippen LogP contribution in [0.3, 0.4) is 0 Å². The molecule has 1 fully saturated rings. The average molecular weight is 349 g/mol. The number of halogens is 3. The van der Waals surface area contributed by atoms with Crippen molar-refractivity contribution in [1.82, 2.24) is 5.32 Å². The fourth-order valence-electron chi connectivity index (χ4n) is 2.93. The Morgan fingerprint density at radius 2 is 1.80 bits per heavy atom. The minimum Gasteiger partial charge on any atom is -0.387 e. The van der Waals surface area contributed by atoms with Crippen molar-refractivity contribution in [2.75, 3.05) is 6.54 Å². The molecular weight excluding hydrogens is 331 g/mol. The van der Waals surface area contributed by atoms with Crippen LogP contribution >= 0.6 is 0 Å². The molecule has 2 aromatic rings. The smallest absolute Gasteiger partial charge is 0.387 e. The second kappa shape index (κ2) is 6.52. The third-order valence-corrected chi connectivity index (χ3v) is 4.57. The van der Waals surface area contributed by atoms with Gasteiger partial charge in [0.25, 0.3) is 0 Å². The van der Waals surface area contributed by atoms with E-state index < -0.39 is 23.3 Å². The molecule has 6 heteroatoms. The second-order valence-electron chi connectivity index (χ2n) is 6.30. The van der Waals surface area contributed by atoms with Gasteiger partial charge in [0.05, 0.1) is 17.1 Å². The summed E-state index contributed by atoms with van der Waals surface area (Å²) in [5, 5.41) is 12.8. The first-order valence-electron chi connectivity index (χ1n) is 8.02. The van der Waals surface area contributed by atoms with E-state index in [1.54, 1.807) is 0 Å². The van der Waals surface area contributed by atoms with Gasteiger partial charge in [-0.1, -0.05) is 42.5 Å². The van der Waals surface area contributed by atoms with Crippen molar-refractivity contribution in [1.29, 1.82) is 0 Å². The van der Waals surface area contributed by atoms with Gasteiger partial charge in [0.15, 0.2) is 0 Å². The molecule has 0 saturated heterocycles. The zero-order chi connectivity index (χ0) is 18.1. The minimum absolute atomic E-state index is 0.125. The summed E-state index contributed by atoms with van der Waals surface area (Å²) in [5.74, 6) is -0.204. The van der Waals surface area contributed by atoms with Crippen LogP contribution in [0, 0.1) is 0 Å². The van der Waals surface area contributed by atoms with Crippen molar-refractivity contribution in [3.8, 4) is 0 Å². The first-order chi connectivity index (χ1) is 11.8. The number of alkyl halides is 3. The van der Waals surface area contributed by atoms with Gasteiger partial charge in [-0.2, -0.15) is 13.2 Å². The number of aliphatic hydroxyl groups excluding tert-OH is 1. The van der Waals surface area contributed by atoms with Crippen molar-refractivity contribution in [3.63, 3.8) is 0 Å². The van der Waals surface area contributed by atoms with Crippen molar-refractivity contribution in [2.24, 2.45) is 0 Å². The molecule has 25 heavy (non-hydrogen) atoms. The molecule has 1 saturated carbocycles. The molecule has 0 heterocycles. The van der Waals surface area contributed by atoms with E-state index >= 15 is 0 Å². The number of hydrogen-bond acceptors (Lipinski definition) is 2. The molecule has 0 radical (unpaired) electrons. The molecule has 0 aromatic heterocycles. The van der Waals surface area contributed by atoms with Gasteiger partial charge < -0.3 is 10.4 Å². The van der Waals surface area contributed by atoms with Gasteiger partial charge in [-0.25, -0.2) is 0 Å². The predicted octanol–water partition coefficient (Wildman–Crippen LogP) is 3.59. The van der Waals surface area contributed by atoms with Crippen molar-refractivity contribution < 1.29 is 23.1 Å². The van der Waals surface area contributed by atoms with Crippen LogP contribution in [0.5, 0.6) is 0 Å². The lowest BCUT2D eigenvalue weighted by atomic mass is 9.95. The summed E-state index contributed by atoms with van der Waals surface area (Å²) in [7, 11) is 0. The van der Waals surface area contributed by atoms with Crippen molar-refractivity contribution >= 4 is 5.91 Å². The van der Waals surface area contributed by atoms with Gasteiger partial charge in [-0.05, 0) is 36.1 Å². The van der Waals surface area contributed by atoms with E-state index in [-0.39, 0.29) is 18.0 Å². The summed E-state index contributed by atoms with van der Waals surface area (Å²) in [6, 6.07) is 13.9. The van der Waals surface area contributed by atoms with Crippen molar-refractivity contribution in [3.05, 3.63) is 71.3 Å². The number of rotatable bonds is 5. The highest BCUT2D eigenvalue weighted by molar-refractivity contribution is 5.91. The van der Waals surface area contributed by atoms with Gasteiger partial charge >= 0.3 is 6.18 Å². The number of carbonyl (C=O) groups excluding carboxylic acids is 1. The van der Waals surface area contributed by atoms with E-state index in [4.69, 9.17) is 0 Å². The quantitative estimate of drug-likeness (QED) is 0.867. The van der Waals surface area contributed by atoms with Crippen LogP contribution in [0.15, 0.2) is 54.6 Å². The molecule has 1 atom stereocenters. The first kappa shape index (κ1) is 17.5. The summed E-state index contributed by atoms with van der Waals surface area (Å²) in [4.78, 5) is 12.5. The minimum atomic E-state index is -4.47. The molecule has 0 bridgehead atoms. The molecule has 1 aliphatic carbocycles. The van der Waals surface area contributed by atoms with Crippen molar-refractivity contribution in [2.45, 2.75) is 30.5 Å². The molecule has 1 amide bonds. The van der Waals surface area contributed by atoms with Gasteiger partial charge in [-0.15, -0.1) is 0 Å². The molecule has 0 aliphatic heterocycles. The maximum Gasteiger partial charge on any atom is 0.416 e. The molecule has 3 rings (SSSR count). The molecule has 0 spiro atoms. The fraction of sp³-hybridized carbons (Fsp3) is 0.316. The Morgan fingerprint density at radius 1 is 1.12 bits per heavy atom. The fourth-order valence-corrected chi connectivity index (χ4v) is 2.93. The summed E-state index contributed by atoms with van der Waals surface area (Å²) < 4.78 is 38.2. The summed E-state index contributed by atoms with van der Waals surface area (Å²) in [6.45, 7) is -0.130. The number of benzene rings is 2. The molecule has 2 N–H and O–H groups in total. The summed E-state index contributed by atoms with van der Waals surface area (Å²) >= 11 is 0. The largest absolute Gasteiger partial charge is 0.416 e. The van der Waals surface area contributed by atoms with Crippen LogP contribution in [0.2, 0.25) is 0 Å². The summed E-state index contributed by atoms with van der Waals surface area (Å²) in [5.41, 5.74) is -0.353. The predicted molar refractivity (Wildman–Crippen MR) is 86.8 cm³/mol. The Morgan fingerprint density at radius 3 is 2.40 bits per heavy atom. The zero-order valence-electron chi connectivity index (χ0n) is 13.4. The molecule has 3 nitrogen and oxygen atoms in total. The Bertz CT molecular complexity index is 755. The normalized spacial score (nSPS) is 17.0. The maximum atomic E-state index is 12.7. The van der Waals surface area contributed by atoms with Crippen LogP contribution in [0.25, 0.3) is 0 Å². The molecular formula is C19H18F3NO2. The van der Waals surface area contributed by atoms with Gasteiger partial charge in [0.1, 0.15) is 0 Å². The Hall–Kier alpha value is -2.34. The molecule has 1 unspecified atom stereocenters. The standard InChI is InChI=1S/C19H18F3NO2/c20-19(21,22)15-8-4-5-13(11-15)16(24)12-23-17(25)18(9-10-18)14-6-2-1-3-7-14/h1-8,11,16,24H,9-10,12H2,(H,23,25). The Kier molecular flexibility index (Phi) is 4.56. The average Bonchev–Trinajstić information content (AvgIpc) is 3.41. The maximum absolute atomic E-state index is 12.7. The van der Waals surface area contributed by atoms with Crippen LogP contribution in [0.4, 0.5) is 13.2 Å². The first-order valence-corrected chi connectivity index (χ1v) is 8.02. The highest BCUT2D eigenvalue weighted by atomic mass is 19.4.